The average molecular weight is 1780 g/mol. The van der Waals surface area contributed by atoms with Crippen molar-refractivity contribution in [1.82, 2.24) is 10.6 Å². The number of nitrogens with one attached hydrogen (secondary N) is 2. The standard InChI is InChI=1S/C84H152N2O37/c1-5-7-9-11-13-15-17-19-20-21-22-23-24-26-28-30-32-34-36-38-56(95)86-48(49(94)37-35-33-31-29-27-25-18-16-14-12-10-8-6-2)45-110-79-69(107)65(103)72(54(43-91)116-79)118-82-70(108)66(104)73(55(44-92)117-82)119-83-71(109)75(61(99)52(41-89)114-83)121-78-57(85-47(4)93)74(60(98)51(40-88)112-78)120-84-77(123-80-67(105)63(101)58(96)46(3)111-80)76(62(100)53(42-90)115-84)122-81-68(106)64(102)59(97)50(39-87)113-81/h35,37,46,48-55,57-84,87-92,94,96-109H,5-34,36,38-45H2,1-4H3,(H,85,93)(H,86,95)/b37-35+/t46?,48-,49+,50?,51?,52?,53?,54?,55?,57?,58+,59-,60-,61-,62-,63?,64-,65+,66+,67-,68?,69?,70?,71?,72+,73-,74+,75-,76-,77?,78-,79+,80+,81+,82-,83-,84-/m0/s1. The number of hydrogen-bond acceptors (Lipinski definition) is 37. The number of unbranched alkanes of at least 4 members (excludes halogenated alkanes) is 29. The molecule has 720 valence electrons. The van der Waals surface area contributed by atoms with Crippen molar-refractivity contribution in [3.63, 3.8) is 0 Å². The minimum atomic E-state index is -2.33. The molecule has 0 spiro atoms. The van der Waals surface area contributed by atoms with Crippen LogP contribution in [0, 0.1) is 0 Å². The van der Waals surface area contributed by atoms with E-state index in [0.29, 0.717) is 12.8 Å². The van der Waals surface area contributed by atoms with E-state index in [0.717, 1.165) is 58.3 Å². The molecular weight excluding hydrogens is 1630 g/mol. The maximum Gasteiger partial charge on any atom is 0.220 e. The van der Waals surface area contributed by atoms with Gasteiger partial charge >= 0.3 is 0 Å². The monoisotopic (exact) mass is 1780 g/mol. The van der Waals surface area contributed by atoms with Crippen LogP contribution >= 0.6 is 0 Å². The molecule has 0 bridgehead atoms. The topological polar surface area (TPSA) is 612 Å². The van der Waals surface area contributed by atoms with Gasteiger partial charge in [0.1, 0.15) is 165 Å². The van der Waals surface area contributed by atoms with Gasteiger partial charge in [0.05, 0.1) is 64.5 Å². The number of rotatable bonds is 57. The van der Waals surface area contributed by atoms with E-state index in [-0.39, 0.29) is 12.3 Å². The summed E-state index contributed by atoms with van der Waals surface area (Å²) in [6, 6.07) is -3.02. The summed E-state index contributed by atoms with van der Waals surface area (Å²) >= 11 is 0. The van der Waals surface area contributed by atoms with E-state index in [9.17, 15) is 117 Å². The van der Waals surface area contributed by atoms with Gasteiger partial charge in [0.25, 0.3) is 0 Å². The van der Waals surface area contributed by atoms with Crippen molar-refractivity contribution in [3.05, 3.63) is 12.2 Å². The Labute approximate surface area is 721 Å². The van der Waals surface area contributed by atoms with Crippen LogP contribution in [0.25, 0.3) is 0 Å². The molecule has 2 amide bonds. The van der Waals surface area contributed by atoms with Gasteiger partial charge in [0.2, 0.25) is 11.8 Å². The molecule has 7 fully saturated rings. The van der Waals surface area contributed by atoms with E-state index in [4.69, 9.17) is 66.3 Å². The summed E-state index contributed by atoms with van der Waals surface area (Å²) in [4.78, 5) is 26.9. The highest BCUT2D eigenvalue weighted by atomic mass is 16.8. The summed E-state index contributed by atoms with van der Waals surface area (Å²) < 4.78 is 83.5. The van der Waals surface area contributed by atoms with E-state index in [1.807, 2.05) is 6.08 Å². The molecule has 0 aromatic carbocycles. The predicted octanol–water partition coefficient (Wildman–Crippen LogP) is -2.16. The van der Waals surface area contributed by atoms with Crippen molar-refractivity contribution in [2.45, 2.75) is 460 Å². The summed E-state index contributed by atoms with van der Waals surface area (Å²) in [7, 11) is 0. The Morgan fingerprint density at radius 3 is 1.13 bits per heavy atom. The van der Waals surface area contributed by atoms with Crippen molar-refractivity contribution in [2.75, 3.05) is 46.2 Å². The molecule has 7 rings (SSSR count). The SMILES string of the molecule is CCCCCCCCCCCCC/C=C/[C@@H](O)[C@H](CO[C@@H]1OC(CO)[C@@H](O[C@@H]2OC(CO)[C@H](O[C@@H]3OC(CO)[C@H](O)[C@H](O[C@@H]4OC(CO)[C@H](O)[C@H](O[C@@H]5OC(CO)[C@H](O)[C@H](O[C@H]6OC(CO)[C@H](O)[C@H](O)C6O)C5O[C@H]5OC(C)[C@@H](O)C(O)[C@@H]5O)C4NC(C)=O)C3O)[C@H](O)C2O)[C@H](O)C1O)NC(=O)CCCCCCCCCCCCCCCCCCCCC. The van der Waals surface area contributed by atoms with E-state index >= 15 is 0 Å². The van der Waals surface area contributed by atoms with Gasteiger partial charge in [0.15, 0.2) is 44.0 Å². The van der Waals surface area contributed by atoms with Crippen LogP contribution in [0.15, 0.2) is 12.2 Å². The van der Waals surface area contributed by atoms with Gasteiger partial charge in [-0.1, -0.05) is 206 Å². The fraction of sp³-hybridized carbons (Fsp3) is 0.952. The van der Waals surface area contributed by atoms with E-state index < -0.39 is 279 Å². The third-order valence-electron chi connectivity index (χ3n) is 24.4. The first-order valence-electron chi connectivity index (χ1n) is 45.4. The number of allylic oxidation sites excluding steroid dienone is 1. The highest BCUT2D eigenvalue weighted by Gasteiger charge is 2.60. The zero-order valence-corrected chi connectivity index (χ0v) is 72.0. The number of amides is 2. The number of ether oxygens (including phenoxy) is 14. The molecule has 123 heavy (non-hydrogen) atoms. The van der Waals surface area contributed by atoms with Crippen LogP contribution in [-0.2, 0) is 75.9 Å². The Hall–Kier alpha value is -2.72. The van der Waals surface area contributed by atoms with Crippen LogP contribution in [-0.4, -0.2) is 392 Å². The summed E-state index contributed by atoms with van der Waals surface area (Å²) in [6.07, 6.45) is -29.0. The van der Waals surface area contributed by atoms with Gasteiger partial charge in [-0.05, 0) is 26.2 Å². The van der Waals surface area contributed by atoms with Crippen molar-refractivity contribution < 1.29 is 183 Å². The third-order valence-corrected chi connectivity index (χ3v) is 24.4. The van der Waals surface area contributed by atoms with Gasteiger partial charge in [-0.25, -0.2) is 0 Å². The zero-order valence-electron chi connectivity index (χ0n) is 72.0. The van der Waals surface area contributed by atoms with Gasteiger partial charge in [-0.3, -0.25) is 9.59 Å². The smallest absolute Gasteiger partial charge is 0.220 e. The lowest BCUT2D eigenvalue weighted by Crippen LogP contribution is -2.71. The number of carbonyl (C=O) groups is 2. The molecule has 0 saturated carbocycles. The second kappa shape index (κ2) is 56.9. The highest BCUT2D eigenvalue weighted by Crippen LogP contribution is 2.40. The fourth-order valence-electron chi connectivity index (χ4n) is 16.8. The second-order valence-corrected chi connectivity index (χ2v) is 34.1. The summed E-state index contributed by atoms with van der Waals surface area (Å²) in [6.45, 7) is -0.0484. The molecule has 23 N–H and O–H groups in total. The Morgan fingerprint density at radius 1 is 0.333 bits per heavy atom. The molecule has 37 atom stereocenters. The molecule has 7 saturated heterocycles. The molecule has 7 aliphatic heterocycles. The molecule has 0 aliphatic carbocycles. The van der Waals surface area contributed by atoms with Gasteiger partial charge < -0.3 is 184 Å². The zero-order chi connectivity index (χ0) is 89.8. The minimum absolute atomic E-state index is 0.171. The lowest BCUT2D eigenvalue weighted by Gasteiger charge is -2.51. The van der Waals surface area contributed by atoms with Crippen molar-refractivity contribution in [2.24, 2.45) is 0 Å². The lowest BCUT2D eigenvalue weighted by atomic mass is 9.94. The first kappa shape index (κ1) is 107. The van der Waals surface area contributed by atoms with Crippen molar-refractivity contribution in [3.8, 4) is 0 Å². The highest BCUT2D eigenvalue weighted by molar-refractivity contribution is 5.76. The average Bonchev–Trinajstić information content (AvgIpc) is 0.774. The number of hydrogen-bond donors (Lipinski definition) is 23. The van der Waals surface area contributed by atoms with Crippen molar-refractivity contribution in [1.29, 1.82) is 0 Å². The molecule has 0 radical (unpaired) electrons. The molecule has 0 aromatic heterocycles. The summed E-state index contributed by atoms with van der Waals surface area (Å²) in [5, 5.41) is 240. The van der Waals surface area contributed by atoms with Gasteiger partial charge in [-0.2, -0.15) is 0 Å². The van der Waals surface area contributed by atoms with E-state index in [1.54, 1.807) is 6.08 Å². The quantitative estimate of drug-likeness (QED) is 0.0228. The largest absolute Gasteiger partial charge is 0.394 e. The second-order valence-electron chi connectivity index (χ2n) is 34.1. The molecule has 7 heterocycles. The molecule has 7 aliphatic rings. The summed E-state index contributed by atoms with van der Waals surface area (Å²) in [5.74, 6) is -1.29. The molecule has 39 heteroatoms. The van der Waals surface area contributed by atoms with Crippen LogP contribution < -0.4 is 10.6 Å². The maximum absolute atomic E-state index is 13.6. The molecule has 0 aromatic rings. The first-order chi connectivity index (χ1) is 59.1. The van der Waals surface area contributed by atoms with Gasteiger partial charge in [-0.15, -0.1) is 0 Å². The normalized spacial score (nSPS) is 38.8. The Balaban J connectivity index is 0.987. The number of aliphatic hydroxyl groups excluding tert-OH is 21. The number of carbonyl (C=O) groups excluding carboxylic acids is 2. The van der Waals surface area contributed by atoms with Crippen LogP contribution in [0.5, 0.6) is 0 Å². The molecule has 39 nitrogen and oxygen atoms in total. The van der Waals surface area contributed by atoms with Gasteiger partial charge in [0, 0.05) is 13.3 Å². The Morgan fingerprint density at radius 2 is 0.667 bits per heavy atom. The third kappa shape index (κ3) is 32.0. The first-order valence-corrected chi connectivity index (χ1v) is 45.4. The fourth-order valence-corrected chi connectivity index (χ4v) is 16.8. The van der Waals surface area contributed by atoms with Crippen LogP contribution in [0.4, 0.5) is 0 Å². The lowest BCUT2D eigenvalue weighted by molar-refractivity contribution is -0.404. The van der Waals surface area contributed by atoms with Crippen LogP contribution in [0.3, 0.4) is 0 Å². The Bertz CT molecular complexity index is 2850. The molecule has 14 unspecified atom stereocenters. The minimum Gasteiger partial charge on any atom is -0.394 e. The summed E-state index contributed by atoms with van der Waals surface area (Å²) in [5.41, 5.74) is 0. The van der Waals surface area contributed by atoms with Crippen molar-refractivity contribution >= 4 is 11.8 Å². The predicted molar refractivity (Wildman–Crippen MR) is 432 cm³/mol. The van der Waals surface area contributed by atoms with Crippen LogP contribution in [0.2, 0.25) is 0 Å². The number of aliphatic hydroxyl groups is 21. The van der Waals surface area contributed by atoms with E-state index in [2.05, 4.69) is 24.5 Å². The van der Waals surface area contributed by atoms with Crippen LogP contribution in [0.1, 0.15) is 233 Å². The van der Waals surface area contributed by atoms with E-state index in [1.165, 1.54) is 142 Å². The Kier molecular flexibility index (Phi) is 49.6. The maximum atomic E-state index is 13.6. The molecular formula is C84H152N2O37.